The second-order valence-corrected chi connectivity index (χ2v) is 5.63. The minimum absolute atomic E-state index is 0.124. The fourth-order valence-electron chi connectivity index (χ4n) is 3.42. The summed E-state index contributed by atoms with van der Waals surface area (Å²) in [6.07, 6.45) is 6.21. The highest BCUT2D eigenvalue weighted by Gasteiger charge is 2.30. The summed E-state index contributed by atoms with van der Waals surface area (Å²) in [5.41, 5.74) is 7.04. The Labute approximate surface area is 110 Å². The summed E-state index contributed by atoms with van der Waals surface area (Å²) in [5.74, 6) is 1.66. The van der Waals surface area contributed by atoms with Crippen LogP contribution in [0.15, 0.2) is 24.3 Å². The predicted octanol–water partition coefficient (Wildman–Crippen LogP) is 4.08. The topological polar surface area (TPSA) is 26.0 Å². The molecule has 2 N–H and O–H groups in total. The first-order chi connectivity index (χ1) is 8.74. The van der Waals surface area contributed by atoms with Crippen LogP contribution >= 0.6 is 0 Å². The van der Waals surface area contributed by atoms with Gasteiger partial charge in [-0.1, -0.05) is 38.3 Å². The minimum Gasteiger partial charge on any atom is -0.330 e. The molecule has 1 saturated carbocycles. The average molecular weight is 249 g/mol. The van der Waals surface area contributed by atoms with E-state index in [1.165, 1.54) is 38.2 Å². The molecule has 100 valence electrons. The molecular weight excluding hydrogens is 225 g/mol. The Bertz CT molecular complexity index is 377. The highest BCUT2D eigenvalue weighted by atomic mass is 19.1. The van der Waals surface area contributed by atoms with Crippen LogP contribution in [0.2, 0.25) is 0 Å². The summed E-state index contributed by atoms with van der Waals surface area (Å²) in [7, 11) is 0. The van der Waals surface area contributed by atoms with Gasteiger partial charge in [0.2, 0.25) is 0 Å². The quantitative estimate of drug-likeness (QED) is 0.854. The van der Waals surface area contributed by atoms with Crippen molar-refractivity contribution in [2.75, 3.05) is 6.54 Å². The van der Waals surface area contributed by atoms with Crippen molar-refractivity contribution in [2.45, 2.75) is 44.9 Å². The van der Waals surface area contributed by atoms with Crippen LogP contribution in [0.3, 0.4) is 0 Å². The molecule has 0 radical (unpaired) electrons. The van der Waals surface area contributed by atoms with Gasteiger partial charge in [-0.2, -0.15) is 0 Å². The van der Waals surface area contributed by atoms with E-state index in [1.54, 1.807) is 6.07 Å². The van der Waals surface area contributed by atoms with Crippen molar-refractivity contribution in [3.8, 4) is 0 Å². The van der Waals surface area contributed by atoms with E-state index in [0.717, 1.165) is 18.0 Å². The number of benzene rings is 1. The van der Waals surface area contributed by atoms with Crippen LogP contribution in [0.1, 0.15) is 50.5 Å². The van der Waals surface area contributed by atoms with Crippen molar-refractivity contribution in [1.29, 1.82) is 0 Å². The number of halogens is 1. The third-order valence-electron chi connectivity index (χ3n) is 4.38. The van der Waals surface area contributed by atoms with Crippen molar-refractivity contribution >= 4 is 0 Å². The van der Waals surface area contributed by atoms with E-state index >= 15 is 0 Å². The largest absolute Gasteiger partial charge is 0.330 e. The van der Waals surface area contributed by atoms with Crippen molar-refractivity contribution in [2.24, 2.45) is 17.6 Å². The van der Waals surface area contributed by atoms with Gasteiger partial charge >= 0.3 is 0 Å². The Morgan fingerprint density at radius 1 is 1.33 bits per heavy atom. The molecule has 1 aliphatic rings. The summed E-state index contributed by atoms with van der Waals surface area (Å²) >= 11 is 0. The summed E-state index contributed by atoms with van der Waals surface area (Å²) in [5, 5.41) is 0. The molecule has 3 atom stereocenters. The fourth-order valence-corrected chi connectivity index (χ4v) is 3.42. The molecule has 1 fully saturated rings. The van der Waals surface area contributed by atoms with E-state index in [0.29, 0.717) is 11.8 Å². The Morgan fingerprint density at radius 3 is 2.83 bits per heavy atom. The number of hydrogen-bond acceptors (Lipinski definition) is 1. The van der Waals surface area contributed by atoms with Crippen LogP contribution < -0.4 is 5.73 Å². The molecule has 2 heteroatoms. The van der Waals surface area contributed by atoms with Crippen LogP contribution in [0, 0.1) is 17.7 Å². The molecule has 0 spiro atoms. The lowest BCUT2D eigenvalue weighted by molar-refractivity contribution is 0.230. The normalized spacial score (nSPS) is 28.3. The maximum absolute atomic E-state index is 13.4. The zero-order valence-electron chi connectivity index (χ0n) is 11.2. The summed E-state index contributed by atoms with van der Waals surface area (Å²) < 4.78 is 13.4. The summed E-state index contributed by atoms with van der Waals surface area (Å²) in [4.78, 5) is 0. The SMILES string of the molecule is CCCC1CCC(CN)C(c2cccc(F)c2)C1. The number of rotatable bonds is 4. The monoisotopic (exact) mass is 249 g/mol. The lowest BCUT2D eigenvalue weighted by Crippen LogP contribution is -2.29. The number of nitrogens with two attached hydrogens (primary N) is 1. The minimum atomic E-state index is -0.124. The van der Waals surface area contributed by atoms with Gasteiger partial charge in [0.25, 0.3) is 0 Å². The Balaban J connectivity index is 2.15. The van der Waals surface area contributed by atoms with Crippen molar-refractivity contribution in [3.63, 3.8) is 0 Å². The number of hydrogen-bond donors (Lipinski definition) is 1. The predicted molar refractivity (Wildman–Crippen MR) is 73.9 cm³/mol. The molecule has 0 bridgehead atoms. The molecule has 0 heterocycles. The Morgan fingerprint density at radius 2 is 2.17 bits per heavy atom. The summed E-state index contributed by atoms with van der Waals surface area (Å²) in [6, 6.07) is 7.10. The van der Waals surface area contributed by atoms with Gasteiger partial charge < -0.3 is 5.73 Å². The molecule has 1 aromatic carbocycles. The maximum atomic E-state index is 13.4. The van der Waals surface area contributed by atoms with Crippen LogP contribution in [0.25, 0.3) is 0 Å². The fraction of sp³-hybridized carbons (Fsp3) is 0.625. The average Bonchev–Trinajstić information content (AvgIpc) is 2.39. The van der Waals surface area contributed by atoms with Gasteiger partial charge in [0, 0.05) is 0 Å². The highest BCUT2D eigenvalue weighted by Crippen LogP contribution is 2.41. The zero-order valence-corrected chi connectivity index (χ0v) is 11.2. The molecule has 1 aliphatic carbocycles. The first-order valence-electron chi connectivity index (χ1n) is 7.20. The summed E-state index contributed by atoms with van der Waals surface area (Å²) in [6.45, 7) is 2.96. The van der Waals surface area contributed by atoms with Gasteiger partial charge in [-0.25, -0.2) is 4.39 Å². The van der Waals surface area contributed by atoms with E-state index in [-0.39, 0.29) is 5.82 Å². The Kier molecular flexibility index (Phi) is 4.76. The van der Waals surface area contributed by atoms with Crippen molar-refractivity contribution in [3.05, 3.63) is 35.6 Å². The molecule has 0 aliphatic heterocycles. The standard InChI is InChI=1S/C16H24FN/c1-2-4-12-7-8-14(11-18)16(9-12)13-5-3-6-15(17)10-13/h3,5-6,10,12,14,16H,2,4,7-9,11,18H2,1H3. The van der Waals surface area contributed by atoms with E-state index in [9.17, 15) is 4.39 Å². The molecule has 1 aromatic rings. The molecule has 3 unspecified atom stereocenters. The molecule has 2 rings (SSSR count). The van der Waals surface area contributed by atoms with Gasteiger partial charge in [0.1, 0.15) is 5.82 Å². The first-order valence-corrected chi connectivity index (χ1v) is 7.20. The smallest absolute Gasteiger partial charge is 0.123 e. The van der Waals surface area contributed by atoms with Crippen LogP contribution in [0.5, 0.6) is 0 Å². The molecule has 18 heavy (non-hydrogen) atoms. The van der Waals surface area contributed by atoms with Crippen LogP contribution in [0.4, 0.5) is 4.39 Å². The third kappa shape index (κ3) is 3.11. The van der Waals surface area contributed by atoms with Crippen molar-refractivity contribution < 1.29 is 4.39 Å². The lowest BCUT2D eigenvalue weighted by atomic mass is 9.70. The Hall–Kier alpha value is -0.890. The molecule has 0 saturated heterocycles. The van der Waals surface area contributed by atoms with Crippen LogP contribution in [-0.4, -0.2) is 6.54 Å². The highest BCUT2D eigenvalue weighted by molar-refractivity contribution is 5.22. The van der Waals surface area contributed by atoms with E-state index in [2.05, 4.69) is 13.0 Å². The molecular formula is C16H24FN. The second kappa shape index (κ2) is 6.33. The van der Waals surface area contributed by atoms with Gasteiger partial charge in [-0.05, 0) is 54.8 Å². The van der Waals surface area contributed by atoms with Gasteiger partial charge in [-0.3, -0.25) is 0 Å². The third-order valence-corrected chi connectivity index (χ3v) is 4.38. The van der Waals surface area contributed by atoms with E-state index < -0.39 is 0 Å². The zero-order chi connectivity index (χ0) is 13.0. The van der Waals surface area contributed by atoms with E-state index in [1.807, 2.05) is 6.07 Å². The second-order valence-electron chi connectivity index (χ2n) is 5.63. The lowest BCUT2D eigenvalue weighted by Gasteiger charge is -2.36. The van der Waals surface area contributed by atoms with Crippen molar-refractivity contribution in [1.82, 2.24) is 0 Å². The molecule has 0 amide bonds. The van der Waals surface area contributed by atoms with Gasteiger partial charge in [0.05, 0.1) is 0 Å². The van der Waals surface area contributed by atoms with Gasteiger partial charge in [0.15, 0.2) is 0 Å². The van der Waals surface area contributed by atoms with Crippen LogP contribution in [-0.2, 0) is 0 Å². The van der Waals surface area contributed by atoms with E-state index in [4.69, 9.17) is 5.73 Å². The molecule has 0 aromatic heterocycles. The van der Waals surface area contributed by atoms with Gasteiger partial charge in [-0.15, -0.1) is 0 Å². The maximum Gasteiger partial charge on any atom is 0.123 e. The first kappa shape index (κ1) is 13.5. The molecule has 1 nitrogen and oxygen atoms in total.